The van der Waals surface area contributed by atoms with Gasteiger partial charge < -0.3 is 15.0 Å². The second-order valence-corrected chi connectivity index (χ2v) is 16.7. The van der Waals surface area contributed by atoms with Crippen LogP contribution in [0.3, 0.4) is 0 Å². The number of alkyl halides is 3. The van der Waals surface area contributed by atoms with Crippen molar-refractivity contribution < 1.29 is 40.7 Å². The number of rotatable bonds is 7. The van der Waals surface area contributed by atoms with Gasteiger partial charge in [-0.1, -0.05) is 35.6 Å². The molecule has 2 saturated carbocycles. The van der Waals surface area contributed by atoms with Crippen molar-refractivity contribution in [3.63, 3.8) is 0 Å². The summed E-state index contributed by atoms with van der Waals surface area (Å²) in [5, 5.41) is 8.26. The number of aromatic amines is 1. The number of para-hydroxylation sites is 1. The van der Waals surface area contributed by atoms with E-state index in [2.05, 4.69) is 10.3 Å². The van der Waals surface area contributed by atoms with Crippen molar-refractivity contribution in [1.82, 2.24) is 4.98 Å². The number of nitrogens with one attached hydrogen (secondary N) is 2. The lowest BCUT2D eigenvalue weighted by Crippen LogP contribution is -2.42. The summed E-state index contributed by atoms with van der Waals surface area (Å²) in [4.78, 5) is 57.7. The molecule has 8 rings (SSSR count). The molecule has 6 unspecified atom stereocenters. The number of nitrogens with zero attached hydrogens (tertiary/aromatic N) is 1. The van der Waals surface area contributed by atoms with E-state index in [0.717, 1.165) is 33.2 Å². The van der Waals surface area contributed by atoms with Gasteiger partial charge >= 0.3 is 11.0 Å². The zero-order valence-corrected chi connectivity index (χ0v) is 28.6. The number of primary sulfonamides is 1. The van der Waals surface area contributed by atoms with Gasteiger partial charge in [-0.2, -0.15) is 13.2 Å². The van der Waals surface area contributed by atoms with E-state index in [0.29, 0.717) is 28.4 Å². The Labute approximate surface area is 296 Å². The van der Waals surface area contributed by atoms with Crippen LogP contribution in [0.25, 0.3) is 0 Å². The van der Waals surface area contributed by atoms with Gasteiger partial charge in [-0.3, -0.25) is 24.1 Å². The number of thioether (sulfide) groups is 1. The summed E-state index contributed by atoms with van der Waals surface area (Å²) < 4.78 is 69.8. The van der Waals surface area contributed by atoms with E-state index < -0.39 is 63.8 Å². The minimum absolute atomic E-state index is 0.110. The first-order chi connectivity index (χ1) is 24.2. The summed E-state index contributed by atoms with van der Waals surface area (Å²) in [7, 11) is -3.91. The van der Waals surface area contributed by atoms with E-state index in [1.54, 1.807) is 18.2 Å². The molecule has 0 spiro atoms. The Balaban J connectivity index is 1.09. The van der Waals surface area contributed by atoms with Crippen LogP contribution in [0.1, 0.15) is 28.3 Å². The summed E-state index contributed by atoms with van der Waals surface area (Å²) >= 11 is 2.51. The molecule has 11 nitrogen and oxygen atoms in total. The van der Waals surface area contributed by atoms with Crippen molar-refractivity contribution >= 4 is 62.2 Å². The van der Waals surface area contributed by atoms with E-state index >= 15 is 0 Å². The number of carbonyl (C=O) groups excluding carboxylic acids is 3. The Morgan fingerprint density at radius 1 is 0.980 bits per heavy atom. The highest BCUT2D eigenvalue weighted by molar-refractivity contribution is 8.00. The normalized spacial score (nSPS) is 26.5. The van der Waals surface area contributed by atoms with Gasteiger partial charge in [0, 0.05) is 27.3 Å². The maximum Gasteiger partial charge on any atom is 0.416 e. The van der Waals surface area contributed by atoms with Gasteiger partial charge in [-0.15, -0.1) is 11.8 Å². The van der Waals surface area contributed by atoms with Gasteiger partial charge in [0.15, 0.2) is 6.61 Å². The molecule has 7 atom stereocenters. The van der Waals surface area contributed by atoms with Gasteiger partial charge in [-0.05, 0) is 72.7 Å². The second kappa shape index (κ2) is 12.1. The summed E-state index contributed by atoms with van der Waals surface area (Å²) in [5.41, 5.74) is -0.0555. The van der Waals surface area contributed by atoms with Crippen LogP contribution in [0, 0.1) is 29.6 Å². The molecule has 17 heteroatoms. The van der Waals surface area contributed by atoms with Crippen molar-refractivity contribution in [1.29, 1.82) is 0 Å². The van der Waals surface area contributed by atoms with Gasteiger partial charge in [0.05, 0.1) is 33.0 Å². The number of anilines is 2. The number of ether oxygens (including phenoxy) is 1. The van der Waals surface area contributed by atoms with Crippen molar-refractivity contribution in [3.8, 4) is 5.75 Å². The number of imide groups is 1. The third kappa shape index (κ3) is 5.66. The average Bonchev–Trinajstić information content (AvgIpc) is 3.82. The van der Waals surface area contributed by atoms with Crippen molar-refractivity contribution in [2.24, 2.45) is 34.7 Å². The number of carbonyl (C=O) groups is 3. The van der Waals surface area contributed by atoms with Crippen LogP contribution in [0.15, 0.2) is 87.5 Å². The fraction of sp³-hybridized carbons (Fsp3) is 0.294. The number of hydrogen-bond acceptors (Lipinski definition) is 9. The Morgan fingerprint density at radius 3 is 2.39 bits per heavy atom. The van der Waals surface area contributed by atoms with Crippen LogP contribution in [0.5, 0.6) is 5.75 Å². The molecule has 4 aromatic rings. The van der Waals surface area contributed by atoms with Gasteiger partial charge in [0.25, 0.3) is 5.91 Å². The molecule has 1 saturated heterocycles. The number of nitrogens with two attached hydrogens (primary N) is 1. The Hall–Kier alpha value is -4.45. The summed E-state index contributed by atoms with van der Waals surface area (Å²) in [6, 6.07) is 16.6. The molecule has 2 aliphatic carbocycles. The highest BCUT2D eigenvalue weighted by Gasteiger charge is 2.70. The van der Waals surface area contributed by atoms with E-state index in [9.17, 15) is 40.8 Å². The molecule has 4 aliphatic rings. The summed E-state index contributed by atoms with van der Waals surface area (Å²) in [5.74, 6) is -3.86. The molecule has 3 aromatic carbocycles. The average molecular weight is 757 g/mol. The van der Waals surface area contributed by atoms with Crippen molar-refractivity contribution in [3.05, 3.63) is 98.5 Å². The quantitative estimate of drug-likeness (QED) is 0.226. The first kappa shape index (κ1) is 33.7. The number of fused-ring (bicyclic) bond motifs is 9. The number of hydrogen-bond donors (Lipinski definition) is 3. The molecular formula is C34H27F3N4O7S3. The third-order valence-corrected chi connectivity index (χ3v) is 13.8. The first-order valence-electron chi connectivity index (χ1n) is 15.8. The predicted octanol–water partition coefficient (Wildman–Crippen LogP) is 4.80. The van der Waals surface area contributed by atoms with Gasteiger partial charge in [0.1, 0.15) is 5.75 Å². The number of amides is 3. The van der Waals surface area contributed by atoms with Crippen LogP contribution in [0.4, 0.5) is 24.5 Å². The largest absolute Gasteiger partial charge is 0.483 e. The summed E-state index contributed by atoms with van der Waals surface area (Å²) in [6.07, 6.45) is -4.08. The molecule has 4 N–H and O–H groups in total. The Kier molecular flexibility index (Phi) is 7.97. The van der Waals surface area contributed by atoms with Crippen molar-refractivity contribution in [2.45, 2.75) is 33.7 Å². The monoisotopic (exact) mass is 756 g/mol. The molecule has 2 bridgehead atoms. The molecule has 264 valence electrons. The lowest BCUT2D eigenvalue weighted by molar-refractivity contribution is -0.137. The molecule has 0 radical (unpaired) electrons. The predicted molar refractivity (Wildman–Crippen MR) is 181 cm³/mol. The third-order valence-electron chi connectivity index (χ3n) is 10.2. The number of thiazole rings is 1. The Morgan fingerprint density at radius 2 is 1.69 bits per heavy atom. The topological polar surface area (TPSA) is 169 Å². The van der Waals surface area contributed by atoms with E-state index in [-0.39, 0.29) is 38.5 Å². The number of aromatic nitrogens is 1. The van der Waals surface area contributed by atoms with E-state index in [1.165, 1.54) is 48.2 Å². The molecule has 3 amide bonds. The van der Waals surface area contributed by atoms with Gasteiger partial charge in [-0.25, -0.2) is 13.6 Å². The number of halogens is 3. The molecular weight excluding hydrogens is 730 g/mol. The highest BCUT2D eigenvalue weighted by Crippen LogP contribution is 2.69. The van der Waals surface area contributed by atoms with Crippen LogP contribution in [-0.2, 0) is 30.6 Å². The molecule has 3 heterocycles. The summed E-state index contributed by atoms with van der Waals surface area (Å²) in [6.45, 7) is -0.407. The zero-order valence-electron chi connectivity index (χ0n) is 26.1. The standard InChI is InChI=1S/C34H27F3N4O7S3/c35-34(36,37)15-4-3-5-17(12-15)41-31(43)26-20-13-21(27(26)32(41)44)28-25(20)24(29-30(49-28)40-33(45)50-29)19-6-1-2-7-22(19)48-14-23(42)39-16-8-10-18(11-9-16)51(38,46)47/h1-12,20-21,24-28H,13-14H2,(H,39,42)(H,40,45)(H2,38,46,47)/t20?,21?,24-,25?,26?,27?,28?/m1/s1. The second-order valence-electron chi connectivity index (χ2n) is 13.0. The minimum Gasteiger partial charge on any atom is -0.483 e. The van der Waals surface area contributed by atoms with Gasteiger partial charge in [0.2, 0.25) is 21.8 Å². The van der Waals surface area contributed by atoms with Crippen LogP contribution >= 0.6 is 23.1 Å². The number of H-pyrrole nitrogens is 1. The fourth-order valence-corrected chi connectivity index (χ4v) is 11.8. The molecule has 1 aromatic heterocycles. The molecule has 2 aliphatic heterocycles. The van der Waals surface area contributed by atoms with Crippen LogP contribution in [-0.4, -0.2) is 43.0 Å². The lowest BCUT2D eigenvalue weighted by Gasteiger charge is -2.43. The fourth-order valence-electron chi connectivity index (χ4n) is 8.38. The first-order valence-corrected chi connectivity index (χ1v) is 19.0. The number of sulfonamides is 1. The van der Waals surface area contributed by atoms with Crippen LogP contribution in [0.2, 0.25) is 0 Å². The van der Waals surface area contributed by atoms with E-state index in [1.807, 2.05) is 6.07 Å². The lowest BCUT2D eigenvalue weighted by atomic mass is 9.68. The number of benzene rings is 3. The minimum atomic E-state index is -4.65. The van der Waals surface area contributed by atoms with Crippen LogP contribution < -0.4 is 25.0 Å². The SMILES string of the molecule is NS(=O)(=O)c1ccc(NC(=O)COc2ccccc2[C@H]2c3sc(=O)[nH]c3SC3C4CC(C5C(=O)N(c6cccc(C(F)(F)F)c6)C(=O)C45)C32)cc1. The smallest absolute Gasteiger partial charge is 0.416 e. The maximum absolute atomic E-state index is 14.0. The Bertz CT molecular complexity index is 2270. The molecule has 3 fully saturated rings. The maximum atomic E-state index is 14.0. The van der Waals surface area contributed by atoms with E-state index in [4.69, 9.17) is 9.88 Å². The molecule has 51 heavy (non-hydrogen) atoms. The zero-order chi connectivity index (χ0) is 36.0. The highest BCUT2D eigenvalue weighted by atomic mass is 32.2. The van der Waals surface area contributed by atoms with Crippen molar-refractivity contribution in [2.75, 3.05) is 16.8 Å².